The first-order chi connectivity index (χ1) is 14.8. The standard InChI is InChI=1S/C24H31N3O3S/c1-24(2,3)26-23(30)21(17-10-5-4-6-11-17)27(18-12-7-8-13-18)20(28)16-25-22(29)19-14-9-15-31-19/h4-6,9-11,14-15,18,21H,7-8,12-13,16H2,1-3H3,(H,25,29)(H,26,30)/t21-/m0/s1. The first-order valence-corrected chi connectivity index (χ1v) is 11.6. The van der Waals surface area contributed by atoms with Crippen molar-refractivity contribution in [1.29, 1.82) is 0 Å². The van der Waals surface area contributed by atoms with Crippen molar-refractivity contribution < 1.29 is 14.4 Å². The Hall–Kier alpha value is -2.67. The lowest BCUT2D eigenvalue weighted by atomic mass is 9.99. The topological polar surface area (TPSA) is 78.5 Å². The van der Waals surface area contributed by atoms with Gasteiger partial charge in [-0.1, -0.05) is 49.2 Å². The molecule has 0 aliphatic heterocycles. The Balaban J connectivity index is 1.88. The molecule has 1 aromatic heterocycles. The van der Waals surface area contributed by atoms with Crippen molar-refractivity contribution in [2.24, 2.45) is 0 Å². The van der Waals surface area contributed by atoms with Crippen LogP contribution in [0.4, 0.5) is 0 Å². The smallest absolute Gasteiger partial charge is 0.261 e. The number of nitrogens with zero attached hydrogens (tertiary/aromatic N) is 1. The van der Waals surface area contributed by atoms with Gasteiger partial charge in [0.25, 0.3) is 5.91 Å². The van der Waals surface area contributed by atoms with E-state index in [1.807, 2.05) is 56.5 Å². The van der Waals surface area contributed by atoms with Crippen LogP contribution in [0, 0.1) is 0 Å². The number of hydrogen-bond acceptors (Lipinski definition) is 4. The summed E-state index contributed by atoms with van der Waals surface area (Å²) in [7, 11) is 0. The van der Waals surface area contributed by atoms with Gasteiger partial charge in [-0.05, 0) is 50.6 Å². The SMILES string of the molecule is CC(C)(C)NC(=O)[C@H](c1ccccc1)N(C(=O)CNC(=O)c1cccs1)C1CCCC1. The summed E-state index contributed by atoms with van der Waals surface area (Å²) in [5.74, 6) is -0.719. The van der Waals surface area contributed by atoms with Gasteiger partial charge in [-0.15, -0.1) is 11.3 Å². The van der Waals surface area contributed by atoms with Crippen LogP contribution in [-0.2, 0) is 9.59 Å². The number of benzene rings is 1. The third kappa shape index (κ3) is 6.17. The summed E-state index contributed by atoms with van der Waals surface area (Å²) in [5.41, 5.74) is 0.344. The van der Waals surface area contributed by atoms with E-state index in [1.165, 1.54) is 11.3 Å². The molecule has 1 aliphatic carbocycles. The van der Waals surface area contributed by atoms with Crippen LogP contribution in [-0.4, -0.2) is 40.7 Å². The van der Waals surface area contributed by atoms with E-state index in [4.69, 9.17) is 0 Å². The molecule has 0 bridgehead atoms. The summed E-state index contributed by atoms with van der Waals surface area (Å²) >= 11 is 1.33. The Labute approximate surface area is 188 Å². The number of amides is 3. The number of hydrogen-bond donors (Lipinski definition) is 2. The summed E-state index contributed by atoms with van der Waals surface area (Å²) in [5, 5.41) is 7.60. The molecule has 166 valence electrons. The lowest BCUT2D eigenvalue weighted by Gasteiger charge is -2.37. The third-order valence-electron chi connectivity index (χ3n) is 5.29. The highest BCUT2D eigenvalue weighted by atomic mass is 32.1. The van der Waals surface area contributed by atoms with E-state index in [0.29, 0.717) is 4.88 Å². The van der Waals surface area contributed by atoms with Crippen LogP contribution < -0.4 is 10.6 Å². The fourth-order valence-electron chi connectivity index (χ4n) is 3.99. The molecule has 7 heteroatoms. The minimum absolute atomic E-state index is 0.0259. The second-order valence-electron chi connectivity index (χ2n) is 8.95. The van der Waals surface area contributed by atoms with Gasteiger partial charge in [0.1, 0.15) is 6.04 Å². The summed E-state index contributed by atoms with van der Waals surface area (Å²) in [6, 6.07) is 12.2. The van der Waals surface area contributed by atoms with Crippen LogP contribution in [0.5, 0.6) is 0 Å². The van der Waals surface area contributed by atoms with Crippen molar-refractivity contribution in [1.82, 2.24) is 15.5 Å². The van der Waals surface area contributed by atoms with E-state index in [0.717, 1.165) is 31.2 Å². The molecule has 2 N–H and O–H groups in total. The first-order valence-electron chi connectivity index (χ1n) is 10.8. The summed E-state index contributed by atoms with van der Waals surface area (Å²) in [4.78, 5) is 41.5. The van der Waals surface area contributed by atoms with Crippen molar-refractivity contribution in [3.63, 3.8) is 0 Å². The Morgan fingerprint density at radius 3 is 2.32 bits per heavy atom. The summed E-state index contributed by atoms with van der Waals surface area (Å²) in [6.45, 7) is 5.64. The maximum absolute atomic E-state index is 13.4. The Morgan fingerprint density at radius 1 is 1.06 bits per heavy atom. The molecular weight excluding hydrogens is 410 g/mol. The molecule has 0 radical (unpaired) electrons. The van der Waals surface area contributed by atoms with E-state index in [2.05, 4.69) is 10.6 Å². The average Bonchev–Trinajstić information content (AvgIpc) is 3.43. The zero-order valence-corrected chi connectivity index (χ0v) is 19.2. The van der Waals surface area contributed by atoms with Gasteiger partial charge in [0.2, 0.25) is 11.8 Å². The second kappa shape index (κ2) is 10.1. The van der Waals surface area contributed by atoms with Crippen molar-refractivity contribution in [2.75, 3.05) is 6.54 Å². The maximum atomic E-state index is 13.4. The minimum Gasteiger partial charge on any atom is -0.349 e. The zero-order valence-electron chi connectivity index (χ0n) is 18.4. The normalized spacial score (nSPS) is 15.3. The van der Waals surface area contributed by atoms with Crippen molar-refractivity contribution in [2.45, 2.75) is 64.1 Å². The van der Waals surface area contributed by atoms with E-state index < -0.39 is 11.6 Å². The molecule has 31 heavy (non-hydrogen) atoms. The second-order valence-corrected chi connectivity index (χ2v) is 9.90. The van der Waals surface area contributed by atoms with E-state index in [9.17, 15) is 14.4 Å². The number of carbonyl (C=O) groups excluding carboxylic acids is 3. The van der Waals surface area contributed by atoms with Gasteiger partial charge in [0.15, 0.2) is 0 Å². The van der Waals surface area contributed by atoms with Gasteiger partial charge >= 0.3 is 0 Å². The predicted octanol–water partition coefficient (Wildman–Crippen LogP) is 3.91. The molecule has 1 fully saturated rings. The molecule has 1 saturated carbocycles. The largest absolute Gasteiger partial charge is 0.349 e. The van der Waals surface area contributed by atoms with Gasteiger partial charge in [-0.25, -0.2) is 0 Å². The Bertz CT molecular complexity index is 885. The van der Waals surface area contributed by atoms with Crippen molar-refractivity contribution >= 4 is 29.1 Å². The maximum Gasteiger partial charge on any atom is 0.261 e. The quantitative estimate of drug-likeness (QED) is 0.684. The van der Waals surface area contributed by atoms with E-state index in [-0.39, 0.29) is 30.3 Å². The van der Waals surface area contributed by atoms with E-state index >= 15 is 0 Å². The average molecular weight is 442 g/mol. The van der Waals surface area contributed by atoms with Gasteiger partial charge in [-0.2, -0.15) is 0 Å². The van der Waals surface area contributed by atoms with Crippen LogP contribution in [0.3, 0.4) is 0 Å². The van der Waals surface area contributed by atoms with Crippen LogP contribution in [0.25, 0.3) is 0 Å². The van der Waals surface area contributed by atoms with Crippen LogP contribution in [0.2, 0.25) is 0 Å². The first kappa shape index (κ1) is 23.0. The van der Waals surface area contributed by atoms with Crippen molar-refractivity contribution in [3.05, 3.63) is 58.3 Å². The lowest BCUT2D eigenvalue weighted by Crippen LogP contribution is -2.53. The molecule has 6 nitrogen and oxygen atoms in total. The van der Waals surface area contributed by atoms with Gasteiger partial charge < -0.3 is 15.5 Å². The molecule has 1 atom stereocenters. The molecule has 1 heterocycles. The summed E-state index contributed by atoms with van der Waals surface area (Å²) in [6.07, 6.45) is 3.77. The molecule has 1 aromatic carbocycles. The predicted molar refractivity (Wildman–Crippen MR) is 123 cm³/mol. The molecule has 0 unspecified atom stereocenters. The van der Waals surface area contributed by atoms with Crippen molar-refractivity contribution in [3.8, 4) is 0 Å². The number of rotatable bonds is 7. The molecule has 0 saturated heterocycles. The fourth-order valence-corrected chi connectivity index (χ4v) is 4.63. The zero-order chi connectivity index (χ0) is 22.4. The monoisotopic (exact) mass is 441 g/mol. The van der Waals surface area contributed by atoms with E-state index in [1.54, 1.807) is 17.0 Å². The highest BCUT2D eigenvalue weighted by molar-refractivity contribution is 7.12. The number of carbonyl (C=O) groups is 3. The molecule has 1 aliphatic rings. The van der Waals surface area contributed by atoms with Gasteiger partial charge in [0, 0.05) is 11.6 Å². The molecular formula is C24H31N3O3S. The Kier molecular flexibility index (Phi) is 7.49. The Morgan fingerprint density at radius 2 is 1.74 bits per heavy atom. The third-order valence-corrected chi connectivity index (χ3v) is 6.16. The van der Waals surface area contributed by atoms with Gasteiger partial charge in [-0.3, -0.25) is 14.4 Å². The van der Waals surface area contributed by atoms with Crippen LogP contribution >= 0.6 is 11.3 Å². The fraction of sp³-hybridized carbons (Fsp3) is 0.458. The summed E-state index contributed by atoms with van der Waals surface area (Å²) < 4.78 is 0. The molecule has 0 spiro atoms. The minimum atomic E-state index is -0.741. The molecule has 2 aromatic rings. The van der Waals surface area contributed by atoms with Crippen LogP contribution in [0.1, 0.15) is 67.7 Å². The lowest BCUT2D eigenvalue weighted by molar-refractivity contribution is -0.143. The molecule has 3 rings (SSSR count). The van der Waals surface area contributed by atoms with Crippen LogP contribution in [0.15, 0.2) is 47.8 Å². The van der Waals surface area contributed by atoms with Gasteiger partial charge in [0.05, 0.1) is 11.4 Å². The highest BCUT2D eigenvalue weighted by Gasteiger charge is 2.38. The number of thiophene rings is 1. The molecule has 3 amide bonds. The highest BCUT2D eigenvalue weighted by Crippen LogP contribution is 2.32. The number of nitrogens with one attached hydrogen (secondary N) is 2.